The topological polar surface area (TPSA) is 84.1 Å². The van der Waals surface area contributed by atoms with Gasteiger partial charge < -0.3 is 9.72 Å². The second-order valence-electron chi connectivity index (χ2n) is 4.65. The van der Waals surface area contributed by atoms with E-state index in [9.17, 15) is 12.8 Å². The van der Waals surface area contributed by atoms with E-state index in [1.54, 1.807) is 18.2 Å². The molecule has 3 rings (SSSR count). The molecule has 2 aromatic heterocycles. The lowest BCUT2D eigenvalue weighted by Crippen LogP contribution is -2.14. The van der Waals surface area contributed by atoms with Gasteiger partial charge in [-0.05, 0) is 18.2 Å². The lowest BCUT2D eigenvalue weighted by molar-refractivity contribution is 0.409. The molecular weight excluding hydrogens is 345 g/mol. The minimum atomic E-state index is -4.02. The van der Waals surface area contributed by atoms with Crippen LogP contribution in [-0.2, 0) is 10.0 Å². The van der Waals surface area contributed by atoms with Crippen LogP contribution in [0.2, 0.25) is 5.02 Å². The fourth-order valence-electron chi connectivity index (χ4n) is 2.08. The van der Waals surface area contributed by atoms with Crippen LogP contribution in [-0.4, -0.2) is 25.5 Å². The maximum Gasteiger partial charge on any atom is 0.265 e. The van der Waals surface area contributed by atoms with Gasteiger partial charge in [-0.15, -0.1) is 0 Å². The molecule has 0 aliphatic carbocycles. The normalized spacial score (nSPS) is 11.6. The van der Waals surface area contributed by atoms with Gasteiger partial charge >= 0.3 is 0 Å². The molecule has 0 aliphatic heterocycles. The second kappa shape index (κ2) is 5.71. The van der Waals surface area contributed by atoms with E-state index in [0.29, 0.717) is 15.9 Å². The molecule has 3 aromatic rings. The Morgan fingerprint density at radius 1 is 1.35 bits per heavy atom. The summed E-state index contributed by atoms with van der Waals surface area (Å²) in [6, 6.07) is 5.78. The van der Waals surface area contributed by atoms with Crippen LogP contribution in [0.4, 0.5) is 10.2 Å². The number of nitrogens with one attached hydrogen (secondary N) is 2. The molecule has 0 aliphatic rings. The summed E-state index contributed by atoms with van der Waals surface area (Å²) in [6.07, 6.45) is 2.53. The van der Waals surface area contributed by atoms with Gasteiger partial charge in [0, 0.05) is 28.2 Å². The summed E-state index contributed by atoms with van der Waals surface area (Å²) >= 11 is 5.86. The summed E-state index contributed by atoms with van der Waals surface area (Å²) in [5.41, 5.74) is 0.557. The molecule has 9 heteroatoms. The largest absolute Gasteiger partial charge is 0.495 e. The molecule has 0 radical (unpaired) electrons. The summed E-state index contributed by atoms with van der Waals surface area (Å²) in [7, 11) is -2.66. The third kappa shape index (κ3) is 2.95. The SMILES string of the molecule is COc1cnc(NS(=O)(=O)c2c[nH]c3cc(Cl)ccc23)c(F)c1. The van der Waals surface area contributed by atoms with Crippen molar-refractivity contribution >= 4 is 38.3 Å². The van der Waals surface area contributed by atoms with E-state index in [1.165, 1.54) is 19.5 Å². The number of benzene rings is 1. The van der Waals surface area contributed by atoms with Crippen molar-refractivity contribution in [2.24, 2.45) is 0 Å². The Morgan fingerprint density at radius 3 is 2.83 bits per heavy atom. The highest BCUT2D eigenvalue weighted by Crippen LogP contribution is 2.27. The number of halogens is 2. The summed E-state index contributed by atoms with van der Waals surface area (Å²) in [4.78, 5) is 6.51. The van der Waals surface area contributed by atoms with Gasteiger partial charge in [0.2, 0.25) is 0 Å². The van der Waals surface area contributed by atoms with Crippen LogP contribution in [0.1, 0.15) is 0 Å². The maximum absolute atomic E-state index is 13.9. The Labute approximate surface area is 136 Å². The van der Waals surface area contributed by atoms with Crippen LogP contribution in [0.3, 0.4) is 0 Å². The van der Waals surface area contributed by atoms with Crippen molar-refractivity contribution in [2.45, 2.75) is 4.90 Å². The molecular formula is C14H11ClFN3O3S. The lowest BCUT2D eigenvalue weighted by atomic mass is 10.2. The number of aromatic amines is 1. The molecule has 23 heavy (non-hydrogen) atoms. The first-order valence-electron chi connectivity index (χ1n) is 6.40. The van der Waals surface area contributed by atoms with E-state index < -0.39 is 21.7 Å². The molecule has 0 fully saturated rings. The van der Waals surface area contributed by atoms with Gasteiger partial charge in [0.1, 0.15) is 10.6 Å². The summed E-state index contributed by atoms with van der Waals surface area (Å²) in [6.45, 7) is 0. The molecule has 0 spiro atoms. The molecule has 0 amide bonds. The number of hydrogen-bond acceptors (Lipinski definition) is 4. The molecule has 6 nitrogen and oxygen atoms in total. The van der Waals surface area contributed by atoms with Crippen molar-refractivity contribution in [2.75, 3.05) is 11.8 Å². The fraction of sp³-hybridized carbons (Fsp3) is 0.0714. The summed E-state index contributed by atoms with van der Waals surface area (Å²) in [5.74, 6) is -1.06. The fourth-order valence-corrected chi connectivity index (χ4v) is 3.45. The number of hydrogen-bond donors (Lipinski definition) is 2. The highest BCUT2D eigenvalue weighted by molar-refractivity contribution is 7.93. The van der Waals surface area contributed by atoms with Crippen LogP contribution in [0.15, 0.2) is 41.6 Å². The summed E-state index contributed by atoms with van der Waals surface area (Å²) < 4.78 is 45.8. The highest BCUT2D eigenvalue weighted by Gasteiger charge is 2.21. The van der Waals surface area contributed by atoms with Gasteiger partial charge in [-0.25, -0.2) is 17.8 Å². The van der Waals surface area contributed by atoms with Gasteiger partial charge in [-0.3, -0.25) is 4.72 Å². The predicted molar refractivity (Wildman–Crippen MR) is 84.9 cm³/mol. The molecule has 120 valence electrons. The highest BCUT2D eigenvalue weighted by atomic mass is 35.5. The molecule has 0 bridgehead atoms. The molecule has 0 unspecified atom stereocenters. The number of rotatable bonds is 4. The number of H-pyrrole nitrogens is 1. The van der Waals surface area contributed by atoms with Gasteiger partial charge in [-0.2, -0.15) is 0 Å². The third-order valence-electron chi connectivity index (χ3n) is 3.18. The van der Waals surface area contributed by atoms with Crippen LogP contribution in [0.5, 0.6) is 5.75 Å². The first-order chi connectivity index (χ1) is 10.9. The van der Waals surface area contributed by atoms with E-state index in [-0.39, 0.29) is 10.6 Å². The van der Waals surface area contributed by atoms with E-state index in [0.717, 1.165) is 6.07 Å². The Hall–Kier alpha value is -2.32. The van der Waals surface area contributed by atoms with Crippen LogP contribution >= 0.6 is 11.6 Å². The number of ether oxygens (including phenoxy) is 1. The number of fused-ring (bicyclic) bond motifs is 1. The van der Waals surface area contributed by atoms with Gasteiger partial charge in [0.15, 0.2) is 11.6 Å². The molecule has 1 aromatic carbocycles. The van der Waals surface area contributed by atoms with E-state index in [2.05, 4.69) is 14.7 Å². The minimum absolute atomic E-state index is 0.0267. The van der Waals surface area contributed by atoms with Crippen molar-refractivity contribution in [3.63, 3.8) is 0 Å². The first kappa shape index (κ1) is 15.6. The number of pyridine rings is 1. The lowest BCUT2D eigenvalue weighted by Gasteiger charge is -2.08. The van der Waals surface area contributed by atoms with Gasteiger partial charge in [0.05, 0.1) is 13.3 Å². The van der Waals surface area contributed by atoms with Crippen LogP contribution < -0.4 is 9.46 Å². The molecule has 2 heterocycles. The number of sulfonamides is 1. The van der Waals surface area contributed by atoms with Crippen molar-refractivity contribution in [1.82, 2.24) is 9.97 Å². The monoisotopic (exact) mass is 355 g/mol. The van der Waals surface area contributed by atoms with Crippen LogP contribution in [0, 0.1) is 5.82 Å². The molecule has 2 N–H and O–H groups in total. The van der Waals surface area contributed by atoms with Gasteiger partial charge in [-0.1, -0.05) is 11.6 Å². The predicted octanol–water partition coefficient (Wildman–Crippen LogP) is 3.16. The van der Waals surface area contributed by atoms with Crippen molar-refractivity contribution < 1.29 is 17.5 Å². The first-order valence-corrected chi connectivity index (χ1v) is 8.26. The van der Waals surface area contributed by atoms with E-state index in [4.69, 9.17) is 16.3 Å². The molecule has 0 atom stereocenters. The zero-order chi connectivity index (χ0) is 16.6. The minimum Gasteiger partial charge on any atom is -0.495 e. The quantitative estimate of drug-likeness (QED) is 0.753. The number of methoxy groups -OCH3 is 1. The van der Waals surface area contributed by atoms with Crippen molar-refractivity contribution in [1.29, 1.82) is 0 Å². The summed E-state index contributed by atoms with van der Waals surface area (Å²) in [5, 5.41) is 0.912. The van der Waals surface area contributed by atoms with E-state index in [1.807, 2.05) is 0 Å². The van der Waals surface area contributed by atoms with Crippen molar-refractivity contribution in [3.05, 3.63) is 47.5 Å². The molecule has 0 saturated heterocycles. The standard InChI is InChI=1S/C14H11ClFN3O3S/c1-22-9-5-11(16)14(18-6-9)19-23(20,21)13-7-17-12-4-8(15)2-3-10(12)13/h2-7,17H,1H3,(H,18,19). The van der Waals surface area contributed by atoms with E-state index >= 15 is 0 Å². The van der Waals surface area contributed by atoms with Crippen LogP contribution in [0.25, 0.3) is 10.9 Å². The number of aromatic nitrogens is 2. The number of anilines is 1. The smallest absolute Gasteiger partial charge is 0.265 e. The Balaban J connectivity index is 2.01. The zero-order valence-corrected chi connectivity index (χ0v) is 13.4. The third-order valence-corrected chi connectivity index (χ3v) is 4.79. The molecule has 0 saturated carbocycles. The Bertz CT molecular complexity index is 988. The Morgan fingerprint density at radius 2 is 2.13 bits per heavy atom. The van der Waals surface area contributed by atoms with Crippen molar-refractivity contribution in [3.8, 4) is 5.75 Å². The maximum atomic E-state index is 13.9. The Kier molecular flexibility index (Phi) is 3.87. The second-order valence-corrected chi connectivity index (χ2v) is 6.74. The average Bonchev–Trinajstić information content (AvgIpc) is 2.93. The van der Waals surface area contributed by atoms with Gasteiger partial charge in [0.25, 0.3) is 10.0 Å². The average molecular weight is 356 g/mol. The zero-order valence-electron chi connectivity index (χ0n) is 11.8. The number of nitrogens with zero attached hydrogens (tertiary/aromatic N) is 1.